The molecule has 0 radical (unpaired) electrons. The fraction of sp³-hybridized carbons (Fsp3) is 0.235. The SMILES string of the molecule is CCN(CC)C(=O)c1cncc(Nc2ccc(C#N)cc2)c1. The Balaban J connectivity index is 2.17. The zero-order valence-corrected chi connectivity index (χ0v) is 12.7. The molecule has 22 heavy (non-hydrogen) atoms. The average molecular weight is 294 g/mol. The fourth-order valence-corrected chi connectivity index (χ4v) is 2.11. The van der Waals surface area contributed by atoms with Gasteiger partial charge >= 0.3 is 0 Å². The highest BCUT2D eigenvalue weighted by Gasteiger charge is 2.13. The molecule has 1 aromatic heterocycles. The highest BCUT2D eigenvalue weighted by Crippen LogP contribution is 2.18. The van der Waals surface area contributed by atoms with E-state index in [0.717, 1.165) is 11.4 Å². The first-order valence-electron chi connectivity index (χ1n) is 7.19. The van der Waals surface area contributed by atoms with Crippen molar-refractivity contribution in [3.05, 3.63) is 53.9 Å². The molecule has 2 rings (SSSR count). The molecule has 0 aliphatic rings. The summed E-state index contributed by atoms with van der Waals surface area (Å²) in [5.74, 6) is -0.0269. The summed E-state index contributed by atoms with van der Waals surface area (Å²) in [6.07, 6.45) is 3.24. The summed E-state index contributed by atoms with van der Waals surface area (Å²) in [4.78, 5) is 18.2. The largest absolute Gasteiger partial charge is 0.354 e. The van der Waals surface area contributed by atoms with Gasteiger partial charge in [0.05, 0.1) is 29.1 Å². The van der Waals surface area contributed by atoms with Crippen LogP contribution in [0.15, 0.2) is 42.7 Å². The van der Waals surface area contributed by atoms with Crippen molar-refractivity contribution in [3.63, 3.8) is 0 Å². The third kappa shape index (κ3) is 3.61. The van der Waals surface area contributed by atoms with Crippen molar-refractivity contribution in [3.8, 4) is 6.07 Å². The summed E-state index contributed by atoms with van der Waals surface area (Å²) in [6.45, 7) is 5.24. The topological polar surface area (TPSA) is 69.0 Å². The summed E-state index contributed by atoms with van der Waals surface area (Å²) in [7, 11) is 0. The van der Waals surface area contributed by atoms with E-state index in [0.29, 0.717) is 24.2 Å². The second kappa shape index (κ2) is 7.23. The Bertz CT molecular complexity index is 685. The monoisotopic (exact) mass is 294 g/mol. The minimum atomic E-state index is -0.0269. The van der Waals surface area contributed by atoms with Gasteiger partial charge < -0.3 is 10.2 Å². The molecule has 0 aliphatic heterocycles. The molecule has 1 amide bonds. The van der Waals surface area contributed by atoms with Gasteiger partial charge in [-0.3, -0.25) is 9.78 Å². The fourth-order valence-electron chi connectivity index (χ4n) is 2.11. The van der Waals surface area contributed by atoms with Gasteiger partial charge in [-0.1, -0.05) is 0 Å². The maximum atomic E-state index is 12.3. The lowest BCUT2D eigenvalue weighted by molar-refractivity contribution is 0.0772. The van der Waals surface area contributed by atoms with Crippen LogP contribution in [-0.2, 0) is 0 Å². The van der Waals surface area contributed by atoms with Crippen molar-refractivity contribution >= 4 is 17.3 Å². The number of nitrogens with one attached hydrogen (secondary N) is 1. The van der Waals surface area contributed by atoms with Gasteiger partial charge in [0.1, 0.15) is 0 Å². The predicted octanol–water partition coefficient (Wildman–Crippen LogP) is 3.18. The number of nitriles is 1. The molecule has 0 saturated carbocycles. The number of rotatable bonds is 5. The van der Waals surface area contributed by atoms with Gasteiger partial charge in [0.2, 0.25) is 0 Å². The van der Waals surface area contributed by atoms with Crippen LogP contribution in [0.1, 0.15) is 29.8 Å². The molecule has 0 saturated heterocycles. The lowest BCUT2D eigenvalue weighted by atomic mass is 10.2. The summed E-state index contributed by atoms with van der Waals surface area (Å²) < 4.78 is 0. The van der Waals surface area contributed by atoms with Gasteiger partial charge in [-0.2, -0.15) is 5.26 Å². The molecule has 1 N–H and O–H groups in total. The molecular formula is C17H18N4O. The molecule has 1 heterocycles. The Hall–Kier alpha value is -2.87. The summed E-state index contributed by atoms with van der Waals surface area (Å²) >= 11 is 0. The average Bonchev–Trinajstić information content (AvgIpc) is 2.57. The van der Waals surface area contributed by atoms with Gasteiger partial charge in [-0.15, -0.1) is 0 Å². The van der Waals surface area contributed by atoms with E-state index in [2.05, 4.69) is 16.4 Å². The van der Waals surface area contributed by atoms with Crippen molar-refractivity contribution in [1.29, 1.82) is 5.26 Å². The minimum Gasteiger partial charge on any atom is -0.354 e. The molecular weight excluding hydrogens is 276 g/mol. The zero-order chi connectivity index (χ0) is 15.9. The Kier molecular flexibility index (Phi) is 5.10. The number of amides is 1. The lowest BCUT2D eigenvalue weighted by Gasteiger charge is -2.18. The number of hydrogen-bond acceptors (Lipinski definition) is 4. The van der Waals surface area contributed by atoms with E-state index >= 15 is 0 Å². The number of carbonyl (C=O) groups is 1. The number of pyridine rings is 1. The van der Waals surface area contributed by atoms with Crippen molar-refractivity contribution in [2.24, 2.45) is 0 Å². The maximum Gasteiger partial charge on any atom is 0.255 e. The van der Waals surface area contributed by atoms with Gasteiger partial charge in [0.25, 0.3) is 5.91 Å². The zero-order valence-electron chi connectivity index (χ0n) is 12.7. The van der Waals surface area contributed by atoms with Crippen LogP contribution < -0.4 is 5.32 Å². The van der Waals surface area contributed by atoms with E-state index in [1.165, 1.54) is 0 Å². The Morgan fingerprint density at radius 3 is 2.45 bits per heavy atom. The highest BCUT2D eigenvalue weighted by atomic mass is 16.2. The van der Waals surface area contributed by atoms with Crippen molar-refractivity contribution in [1.82, 2.24) is 9.88 Å². The van der Waals surface area contributed by atoms with Gasteiger partial charge in [-0.25, -0.2) is 0 Å². The Morgan fingerprint density at radius 2 is 1.86 bits per heavy atom. The number of carbonyl (C=O) groups excluding carboxylic acids is 1. The van der Waals surface area contributed by atoms with Crippen LogP contribution in [0, 0.1) is 11.3 Å². The minimum absolute atomic E-state index is 0.0269. The summed E-state index contributed by atoms with van der Waals surface area (Å²) in [5, 5.41) is 12.0. The first-order valence-corrected chi connectivity index (χ1v) is 7.19. The molecule has 1 aromatic carbocycles. The van der Waals surface area contributed by atoms with E-state index < -0.39 is 0 Å². The second-order valence-corrected chi connectivity index (χ2v) is 4.75. The molecule has 0 bridgehead atoms. The summed E-state index contributed by atoms with van der Waals surface area (Å²) in [5.41, 5.74) is 2.74. The number of anilines is 2. The highest BCUT2D eigenvalue weighted by molar-refractivity contribution is 5.94. The first-order chi connectivity index (χ1) is 10.7. The van der Waals surface area contributed by atoms with Crippen LogP contribution in [0.5, 0.6) is 0 Å². The molecule has 0 fully saturated rings. The van der Waals surface area contributed by atoms with E-state index in [-0.39, 0.29) is 5.91 Å². The predicted molar refractivity (Wildman–Crippen MR) is 85.9 cm³/mol. The number of aromatic nitrogens is 1. The molecule has 5 heteroatoms. The van der Waals surface area contributed by atoms with Gasteiger partial charge in [0, 0.05) is 25.0 Å². The molecule has 2 aromatic rings. The Morgan fingerprint density at radius 1 is 1.18 bits per heavy atom. The third-order valence-corrected chi connectivity index (χ3v) is 3.34. The molecule has 0 aliphatic carbocycles. The van der Waals surface area contributed by atoms with Crippen LogP contribution in [-0.4, -0.2) is 28.9 Å². The smallest absolute Gasteiger partial charge is 0.255 e. The molecule has 0 atom stereocenters. The van der Waals surface area contributed by atoms with E-state index in [1.54, 1.807) is 35.5 Å². The summed E-state index contributed by atoms with van der Waals surface area (Å²) in [6, 6.07) is 11.0. The molecule has 112 valence electrons. The number of benzene rings is 1. The number of nitrogens with zero attached hydrogens (tertiary/aromatic N) is 3. The lowest BCUT2D eigenvalue weighted by Crippen LogP contribution is -2.30. The normalized spacial score (nSPS) is 9.86. The standard InChI is InChI=1S/C17H18N4O/c1-3-21(4-2)17(22)14-9-16(12-19-11-14)20-15-7-5-13(10-18)6-8-15/h5-9,11-12,20H,3-4H2,1-2H3. The van der Waals surface area contributed by atoms with Gasteiger partial charge in [-0.05, 0) is 44.2 Å². The van der Waals surface area contributed by atoms with Crippen LogP contribution in [0.4, 0.5) is 11.4 Å². The van der Waals surface area contributed by atoms with E-state index in [9.17, 15) is 4.79 Å². The first kappa shape index (κ1) is 15.5. The van der Waals surface area contributed by atoms with Crippen LogP contribution in [0.2, 0.25) is 0 Å². The third-order valence-electron chi connectivity index (χ3n) is 3.34. The van der Waals surface area contributed by atoms with Gasteiger partial charge in [0.15, 0.2) is 0 Å². The van der Waals surface area contributed by atoms with Crippen LogP contribution in [0.25, 0.3) is 0 Å². The van der Waals surface area contributed by atoms with Crippen molar-refractivity contribution < 1.29 is 4.79 Å². The van der Waals surface area contributed by atoms with E-state index in [4.69, 9.17) is 5.26 Å². The second-order valence-electron chi connectivity index (χ2n) is 4.75. The van der Waals surface area contributed by atoms with Crippen molar-refractivity contribution in [2.75, 3.05) is 18.4 Å². The molecule has 5 nitrogen and oxygen atoms in total. The molecule has 0 unspecified atom stereocenters. The maximum absolute atomic E-state index is 12.3. The Labute approximate surface area is 130 Å². The van der Waals surface area contributed by atoms with E-state index in [1.807, 2.05) is 26.0 Å². The van der Waals surface area contributed by atoms with Crippen LogP contribution >= 0.6 is 0 Å². The van der Waals surface area contributed by atoms with Crippen molar-refractivity contribution in [2.45, 2.75) is 13.8 Å². The van der Waals surface area contributed by atoms with Crippen LogP contribution in [0.3, 0.4) is 0 Å². The number of hydrogen-bond donors (Lipinski definition) is 1. The quantitative estimate of drug-likeness (QED) is 0.919. The molecule has 0 spiro atoms.